The first-order valence-corrected chi connectivity index (χ1v) is 7.51. The Kier molecular flexibility index (Phi) is 8.22. The van der Waals surface area contributed by atoms with Crippen LogP contribution in [0, 0.1) is 0 Å². The van der Waals surface area contributed by atoms with Crippen molar-refractivity contribution in [2.45, 2.75) is 25.8 Å². The molecule has 1 amide bonds. The van der Waals surface area contributed by atoms with Crippen molar-refractivity contribution < 1.29 is 4.79 Å². The summed E-state index contributed by atoms with van der Waals surface area (Å²) in [5, 5.41) is 6.16. The van der Waals surface area contributed by atoms with E-state index in [-0.39, 0.29) is 29.9 Å². The van der Waals surface area contributed by atoms with Gasteiger partial charge in [-0.2, -0.15) is 0 Å². The monoisotopic (exact) mass is 416 g/mol. The molecule has 0 unspecified atom stereocenters. The number of carbonyl (C=O) groups excluding carboxylic acids is 1. The fraction of sp³-hybridized carbons (Fsp3) is 0.500. The molecule has 6 heteroatoms. The lowest BCUT2D eigenvalue weighted by atomic mass is 10.1. The van der Waals surface area contributed by atoms with Crippen molar-refractivity contribution in [2.75, 3.05) is 27.2 Å². The zero-order valence-corrected chi connectivity index (χ0v) is 15.6. The van der Waals surface area contributed by atoms with E-state index in [4.69, 9.17) is 0 Å². The summed E-state index contributed by atoms with van der Waals surface area (Å²) in [5.41, 5.74) is 1.90. The van der Waals surface area contributed by atoms with Gasteiger partial charge in [-0.1, -0.05) is 12.1 Å². The number of aliphatic imine (C=N–C) groups is 1. The summed E-state index contributed by atoms with van der Waals surface area (Å²) < 4.78 is 0. The molecule has 0 aromatic heterocycles. The van der Waals surface area contributed by atoms with Gasteiger partial charge >= 0.3 is 0 Å². The molecule has 0 atom stereocenters. The van der Waals surface area contributed by atoms with Crippen molar-refractivity contribution in [3.63, 3.8) is 0 Å². The standard InChI is InChI=1S/C16H24N4O.HI/c1-17-16(18-2)19-12-13-6-8-14(9-7-13)15(21)20-10-4-3-5-11-20;/h6-9H,3-5,10-12H2,1-2H3,(H2,17,18,19);1H. The van der Waals surface area contributed by atoms with E-state index in [1.54, 1.807) is 7.05 Å². The zero-order chi connectivity index (χ0) is 15.1. The fourth-order valence-electron chi connectivity index (χ4n) is 2.51. The number of halogens is 1. The Morgan fingerprint density at radius 2 is 1.82 bits per heavy atom. The first-order valence-electron chi connectivity index (χ1n) is 7.51. The summed E-state index contributed by atoms with van der Waals surface area (Å²) in [7, 11) is 3.56. The highest BCUT2D eigenvalue weighted by Crippen LogP contribution is 2.13. The molecule has 122 valence electrons. The van der Waals surface area contributed by atoms with E-state index >= 15 is 0 Å². The topological polar surface area (TPSA) is 56.7 Å². The van der Waals surface area contributed by atoms with Crippen LogP contribution in [-0.4, -0.2) is 44.0 Å². The van der Waals surface area contributed by atoms with Gasteiger partial charge in [0.2, 0.25) is 0 Å². The SMILES string of the molecule is CN=C(NC)NCc1ccc(C(=O)N2CCCCC2)cc1.I. The van der Waals surface area contributed by atoms with Crippen LogP contribution in [0.2, 0.25) is 0 Å². The number of nitrogens with one attached hydrogen (secondary N) is 2. The lowest BCUT2D eigenvalue weighted by Crippen LogP contribution is -2.35. The lowest BCUT2D eigenvalue weighted by Gasteiger charge is -2.26. The lowest BCUT2D eigenvalue weighted by molar-refractivity contribution is 0.0724. The van der Waals surface area contributed by atoms with Gasteiger partial charge in [0.05, 0.1) is 0 Å². The summed E-state index contributed by atoms with van der Waals surface area (Å²) in [5.74, 6) is 0.906. The second-order valence-corrected chi connectivity index (χ2v) is 5.23. The number of amides is 1. The number of hydrogen-bond acceptors (Lipinski definition) is 2. The predicted octanol–water partition coefficient (Wildman–Crippen LogP) is 2.23. The number of rotatable bonds is 3. The Balaban J connectivity index is 0.00000242. The van der Waals surface area contributed by atoms with Crippen molar-refractivity contribution in [3.8, 4) is 0 Å². The highest BCUT2D eigenvalue weighted by atomic mass is 127. The number of benzene rings is 1. The van der Waals surface area contributed by atoms with Gasteiger partial charge in [0.1, 0.15) is 0 Å². The van der Waals surface area contributed by atoms with Crippen molar-refractivity contribution in [1.82, 2.24) is 15.5 Å². The highest BCUT2D eigenvalue weighted by Gasteiger charge is 2.17. The maximum absolute atomic E-state index is 12.4. The smallest absolute Gasteiger partial charge is 0.253 e. The second kappa shape index (κ2) is 9.66. The molecule has 1 fully saturated rings. The first-order chi connectivity index (χ1) is 10.2. The Bertz CT molecular complexity index is 495. The zero-order valence-electron chi connectivity index (χ0n) is 13.3. The van der Waals surface area contributed by atoms with Crippen molar-refractivity contribution in [3.05, 3.63) is 35.4 Å². The summed E-state index contributed by atoms with van der Waals surface area (Å²) in [6, 6.07) is 7.81. The molecule has 0 bridgehead atoms. The van der Waals surface area contributed by atoms with E-state index < -0.39 is 0 Å². The van der Waals surface area contributed by atoms with Gasteiger partial charge < -0.3 is 15.5 Å². The normalized spacial score (nSPS) is 15.0. The number of carbonyl (C=O) groups is 1. The molecule has 2 N–H and O–H groups in total. The van der Waals surface area contributed by atoms with Gasteiger partial charge in [-0.3, -0.25) is 9.79 Å². The van der Waals surface area contributed by atoms with Crippen molar-refractivity contribution in [2.24, 2.45) is 4.99 Å². The quantitative estimate of drug-likeness (QED) is 0.452. The third-order valence-electron chi connectivity index (χ3n) is 3.76. The average molecular weight is 416 g/mol. The molecular formula is C16H25IN4O. The minimum absolute atomic E-state index is 0. The molecule has 1 aromatic rings. The third kappa shape index (κ3) is 5.15. The van der Waals surface area contributed by atoms with Gasteiger partial charge in [-0.25, -0.2) is 0 Å². The number of hydrogen-bond donors (Lipinski definition) is 2. The first kappa shape index (κ1) is 18.7. The summed E-state index contributed by atoms with van der Waals surface area (Å²) in [4.78, 5) is 18.4. The predicted molar refractivity (Wildman–Crippen MR) is 101 cm³/mol. The number of likely N-dealkylation sites (tertiary alicyclic amines) is 1. The van der Waals surface area contributed by atoms with Crippen molar-refractivity contribution in [1.29, 1.82) is 0 Å². The summed E-state index contributed by atoms with van der Waals surface area (Å²) in [6.07, 6.45) is 3.48. The van der Waals surface area contributed by atoms with Crippen LogP contribution in [0.1, 0.15) is 35.2 Å². The molecule has 5 nitrogen and oxygen atoms in total. The van der Waals surface area contributed by atoms with Gasteiger partial charge in [0.15, 0.2) is 5.96 Å². The van der Waals surface area contributed by atoms with E-state index in [0.29, 0.717) is 6.54 Å². The number of piperidine rings is 1. The molecule has 1 saturated heterocycles. The highest BCUT2D eigenvalue weighted by molar-refractivity contribution is 14.0. The Morgan fingerprint density at radius 1 is 1.18 bits per heavy atom. The van der Waals surface area contributed by atoms with Gasteiger partial charge in [-0.15, -0.1) is 24.0 Å². The van der Waals surface area contributed by atoms with E-state index in [0.717, 1.165) is 43.0 Å². The molecule has 2 rings (SSSR count). The van der Waals surface area contributed by atoms with Crippen LogP contribution in [0.25, 0.3) is 0 Å². The summed E-state index contributed by atoms with van der Waals surface area (Å²) >= 11 is 0. The number of nitrogens with zero attached hydrogens (tertiary/aromatic N) is 2. The van der Waals surface area contributed by atoms with Crippen LogP contribution in [0.3, 0.4) is 0 Å². The largest absolute Gasteiger partial charge is 0.359 e. The minimum Gasteiger partial charge on any atom is -0.359 e. The Morgan fingerprint density at radius 3 is 2.36 bits per heavy atom. The molecular weight excluding hydrogens is 391 g/mol. The minimum atomic E-state index is 0. The van der Waals surface area contributed by atoms with Gasteiger partial charge in [0, 0.05) is 39.3 Å². The van der Waals surface area contributed by atoms with Crippen LogP contribution < -0.4 is 10.6 Å². The Hall–Kier alpha value is -1.31. The second-order valence-electron chi connectivity index (χ2n) is 5.23. The Labute approximate surface area is 149 Å². The van der Waals surface area contributed by atoms with E-state index in [1.807, 2.05) is 36.2 Å². The van der Waals surface area contributed by atoms with E-state index in [2.05, 4.69) is 15.6 Å². The molecule has 0 radical (unpaired) electrons. The molecule has 1 aliphatic heterocycles. The van der Waals surface area contributed by atoms with E-state index in [1.165, 1.54) is 6.42 Å². The maximum atomic E-state index is 12.4. The van der Waals surface area contributed by atoms with Gasteiger partial charge in [-0.05, 0) is 37.0 Å². The van der Waals surface area contributed by atoms with Crippen LogP contribution in [-0.2, 0) is 6.54 Å². The van der Waals surface area contributed by atoms with Crippen LogP contribution in [0.5, 0.6) is 0 Å². The van der Waals surface area contributed by atoms with Gasteiger partial charge in [0.25, 0.3) is 5.91 Å². The molecule has 22 heavy (non-hydrogen) atoms. The molecule has 1 heterocycles. The maximum Gasteiger partial charge on any atom is 0.253 e. The number of guanidine groups is 1. The summed E-state index contributed by atoms with van der Waals surface area (Å²) in [6.45, 7) is 2.47. The fourth-order valence-corrected chi connectivity index (χ4v) is 2.51. The average Bonchev–Trinajstić information content (AvgIpc) is 2.56. The molecule has 1 aromatic carbocycles. The van der Waals surface area contributed by atoms with Crippen LogP contribution >= 0.6 is 24.0 Å². The van der Waals surface area contributed by atoms with Crippen molar-refractivity contribution >= 4 is 35.8 Å². The van der Waals surface area contributed by atoms with E-state index in [9.17, 15) is 4.79 Å². The molecule has 0 aliphatic carbocycles. The third-order valence-corrected chi connectivity index (χ3v) is 3.76. The molecule has 0 spiro atoms. The van der Waals surface area contributed by atoms with Crippen LogP contribution in [0.4, 0.5) is 0 Å². The van der Waals surface area contributed by atoms with Crippen LogP contribution in [0.15, 0.2) is 29.3 Å². The molecule has 1 aliphatic rings. The molecule has 0 saturated carbocycles.